The molecule has 0 aromatic heterocycles. The molecule has 5 rings (SSSR count). The number of amides is 2. The molecule has 0 radical (unpaired) electrons. The van der Waals surface area contributed by atoms with E-state index < -0.39 is 17.8 Å². The normalized spacial score (nSPS) is 13.5. The standard InChI is InChI=1S/C29H21ClN2O4/c1-17-7-5-12-24(18(17)2)36-29(35)20-13-15-21(16-14-20)31-26-25(30)27(33)32(28(26)34)23-11-6-9-19-8-3-4-10-22(19)23/h3-16,31H,1-2H3. The lowest BCUT2D eigenvalue weighted by Gasteiger charge is -2.17. The minimum Gasteiger partial charge on any atom is -0.423 e. The van der Waals surface area contributed by atoms with Crippen molar-refractivity contribution in [1.82, 2.24) is 0 Å². The first-order valence-electron chi connectivity index (χ1n) is 11.3. The Bertz CT molecular complexity index is 1570. The number of anilines is 2. The van der Waals surface area contributed by atoms with Crippen LogP contribution in [-0.2, 0) is 9.59 Å². The lowest BCUT2D eigenvalue weighted by molar-refractivity contribution is -0.120. The highest BCUT2D eigenvalue weighted by molar-refractivity contribution is 6.53. The Labute approximate surface area is 212 Å². The molecule has 4 aromatic rings. The van der Waals surface area contributed by atoms with Gasteiger partial charge in [0, 0.05) is 11.1 Å². The Hall–Kier alpha value is -4.42. The molecule has 2 amide bonds. The van der Waals surface area contributed by atoms with Crippen LogP contribution >= 0.6 is 11.6 Å². The highest BCUT2D eigenvalue weighted by Gasteiger charge is 2.39. The van der Waals surface area contributed by atoms with Gasteiger partial charge in [0.25, 0.3) is 11.8 Å². The van der Waals surface area contributed by atoms with Gasteiger partial charge in [-0.1, -0.05) is 60.1 Å². The van der Waals surface area contributed by atoms with E-state index in [2.05, 4.69) is 5.32 Å². The van der Waals surface area contributed by atoms with Crippen molar-refractivity contribution in [2.45, 2.75) is 13.8 Å². The molecule has 4 aromatic carbocycles. The Morgan fingerprint density at radius 2 is 1.53 bits per heavy atom. The minimum atomic E-state index is -0.603. The van der Waals surface area contributed by atoms with E-state index in [1.54, 1.807) is 42.5 Å². The van der Waals surface area contributed by atoms with E-state index in [-0.39, 0.29) is 10.7 Å². The van der Waals surface area contributed by atoms with Crippen molar-refractivity contribution in [3.8, 4) is 5.75 Å². The molecule has 0 aliphatic carbocycles. The lowest BCUT2D eigenvalue weighted by atomic mass is 10.1. The minimum absolute atomic E-state index is 0.0275. The molecular weight excluding hydrogens is 476 g/mol. The summed E-state index contributed by atoms with van der Waals surface area (Å²) in [5, 5.41) is 4.39. The number of imide groups is 1. The van der Waals surface area contributed by atoms with Gasteiger partial charge in [-0.05, 0) is 66.8 Å². The number of fused-ring (bicyclic) bond motifs is 1. The predicted octanol–water partition coefficient (Wildman–Crippen LogP) is 6.11. The number of carbonyl (C=O) groups excluding carboxylic acids is 3. The first-order valence-corrected chi connectivity index (χ1v) is 11.6. The molecule has 1 aliphatic heterocycles. The van der Waals surface area contributed by atoms with Gasteiger partial charge in [-0.15, -0.1) is 0 Å². The summed E-state index contributed by atoms with van der Waals surface area (Å²) in [6, 6.07) is 24.8. The van der Waals surface area contributed by atoms with Crippen molar-refractivity contribution in [2.24, 2.45) is 0 Å². The quantitative estimate of drug-likeness (QED) is 0.205. The fourth-order valence-corrected chi connectivity index (χ4v) is 4.27. The maximum Gasteiger partial charge on any atom is 0.343 e. The molecule has 36 heavy (non-hydrogen) atoms. The number of carbonyl (C=O) groups is 3. The van der Waals surface area contributed by atoms with Crippen molar-refractivity contribution in [3.63, 3.8) is 0 Å². The number of nitrogens with one attached hydrogen (secondary N) is 1. The molecule has 0 atom stereocenters. The molecule has 0 spiro atoms. The maximum absolute atomic E-state index is 13.2. The van der Waals surface area contributed by atoms with Gasteiger partial charge in [0.15, 0.2) is 0 Å². The zero-order chi connectivity index (χ0) is 25.4. The zero-order valence-corrected chi connectivity index (χ0v) is 20.3. The number of nitrogens with zero attached hydrogens (tertiary/aromatic N) is 1. The largest absolute Gasteiger partial charge is 0.423 e. The summed E-state index contributed by atoms with van der Waals surface area (Å²) in [5.41, 5.74) is 3.19. The highest BCUT2D eigenvalue weighted by atomic mass is 35.5. The van der Waals surface area contributed by atoms with E-state index in [4.69, 9.17) is 16.3 Å². The summed E-state index contributed by atoms with van der Waals surface area (Å²) in [4.78, 5) is 39.9. The van der Waals surface area contributed by atoms with Crippen LogP contribution in [0.3, 0.4) is 0 Å². The molecular formula is C29H21ClN2O4. The molecule has 6 nitrogen and oxygen atoms in total. The molecule has 1 aliphatic rings. The van der Waals surface area contributed by atoms with Crippen molar-refractivity contribution in [1.29, 1.82) is 0 Å². The predicted molar refractivity (Wildman–Crippen MR) is 140 cm³/mol. The molecule has 1 N–H and O–H groups in total. The Morgan fingerprint density at radius 3 is 2.31 bits per heavy atom. The van der Waals surface area contributed by atoms with Crippen molar-refractivity contribution >= 4 is 51.5 Å². The van der Waals surface area contributed by atoms with Crippen molar-refractivity contribution in [2.75, 3.05) is 10.2 Å². The van der Waals surface area contributed by atoms with Crippen LogP contribution in [0.2, 0.25) is 0 Å². The van der Waals surface area contributed by atoms with Crippen LogP contribution in [0.1, 0.15) is 21.5 Å². The van der Waals surface area contributed by atoms with Crippen LogP contribution in [-0.4, -0.2) is 17.8 Å². The lowest BCUT2D eigenvalue weighted by Crippen LogP contribution is -2.32. The molecule has 0 saturated carbocycles. The molecule has 0 bridgehead atoms. The number of hydrogen-bond donors (Lipinski definition) is 1. The zero-order valence-electron chi connectivity index (χ0n) is 19.5. The van der Waals surface area contributed by atoms with Crippen LogP contribution in [0.25, 0.3) is 10.8 Å². The second kappa shape index (κ2) is 9.32. The third kappa shape index (κ3) is 4.12. The fraction of sp³-hybridized carbons (Fsp3) is 0.0690. The summed E-state index contributed by atoms with van der Waals surface area (Å²) in [5.74, 6) is -1.15. The third-order valence-corrected chi connectivity index (χ3v) is 6.53. The average Bonchev–Trinajstić information content (AvgIpc) is 3.09. The van der Waals surface area contributed by atoms with Gasteiger partial charge in [-0.3, -0.25) is 9.59 Å². The van der Waals surface area contributed by atoms with E-state index in [1.807, 2.05) is 56.3 Å². The monoisotopic (exact) mass is 496 g/mol. The van der Waals surface area contributed by atoms with Crippen molar-refractivity contribution < 1.29 is 19.1 Å². The van der Waals surface area contributed by atoms with Crippen LogP contribution in [0.15, 0.2) is 95.7 Å². The van der Waals surface area contributed by atoms with Gasteiger partial charge in [0.1, 0.15) is 16.5 Å². The van der Waals surface area contributed by atoms with Crippen LogP contribution < -0.4 is 15.0 Å². The Kier molecular flexibility index (Phi) is 6.04. The first-order chi connectivity index (χ1) is 17.3. The van der Waals surface area contributed by atoms with E-state index in [1.165, 1.54) is 0 Å². The third-order valence-electron chi connectivity index (χ3n) is 6.18. The van der Waals surface area contributed by atoms with E-state index in [9.17, 15) is 14.4 Å². The number of benzene rings is 4. The number of aryl methyl sites for hydroxylation is 1. The number of rotatable bonds is 5. The Balaban J connectivity index is 1.35. The molecule has 178 valence electrons. The van der Waals surface area contributed by atoms with Crippen LogP contribution in [0.5, 0.6) is 5.75 Å². The molecule has 0 fully saturated rings. The van der Waals surface area contributed by atoms with Gasteiger partial charge in [-0.25, -0.2) is 9.69 Å². The van der Waals surface area contributed by atoms with Gasteiger partial charge in [0.2, 0.25) is 0 Å². The summed E-state index contributed by atoms with van der Waals surface area (Å²) < 4.78 is 5.54. The summed E-state index contributed by atoms with van der Waals surface area (Å²) in [7, 11) is 0. The second-order valence-corrected chi connectivity index (χ2v) is 8.80. The Morgan fingerprint density at radius 1 is 0.833 bits per heavy atom. The average molecular weight is 497 g/mol. The molecule has 0 saturated heterocycles. The fourth-order valence-electron chi connectivity index (χ4n) is 4.06. The van der Waals surface area contributed by atoms with Gasteiger partial charge in [0.05, 0.1) is 11.3 Å². The van der Waals surface area contributed by atoms with E-state index in [0.29, 0.717) is 22.7 Å². The number of hydrogen-bond acceptors (Lipinski definition) is 5. The summed E-state index contributed by atoms with van der Waals surface area (Å²) in [6.07, 6.45) is 0. The van der Waals surface area contributed by atoms with Crippen LogP contribution in [0, 0.1) is 13.8 Å². The second-order valence-electron chi connectivity index (χ2n) is 8.42. The summed E-state index contributed by atoms with van der Waals surface area (Å²) >= 11 is 6.30. The number of ether oxygens (including phenoxy) is 1. The SMILES string of the molecule is Cc1cccc(OC(=O)c2ccc(NC3=C(Cl)C(=O)N(c4cccc5ccccc45)C3=O)cc2)c1C. The molecule has 1 heterocycles. The van der Waals surface area contributed by atoms with Gasteiger partial charge >= 0.3 is 5.97 Å². The highest BCUT2D eigenvalue weighted by Crippen LogP contribution is 2.34. The van der Waals surface area contributed by atoms with Gasteiger partial charge in [-0.2, -0.15) is 0 Å². The summed E-state index contributed by atoms with van der Waals surface area (Å²) in [6.45, 7) is 3.84. The number of esters is 1. The maximum atomic E-state index is 13.2. The van der Waals surface area contributed by atoms with E-state index in [0.717, 1.165) is 26.8 Å². The molecule has 7 heteroatoms. The topological polar surface area (TPSA) is 75.7 Å². The van der Waals surface area contributed by atoms with Gasteiger partial charge < -0.3 is 10.1 Å². The molecule has 0 unspecified atom stereocenters. The first kappa shape index (κ1) is 23.3. The van der Waals surface area contributed by atoms with Crippen molar-refractivity contribution in [3.05, 3.63) is 112 Å². The number of halogens is 1. The van der Waals surface area contributed by atoms with Crippen LogP contribution in [0.4, 0.5) is 11.4 Å². The van der Waals surface area contributed by atoms with E-state index >= 15 is 0 Å². The smallest absolute Gasteiger partial charge is 0.343 e.